The number of hydrogen-bond acceptors (Lipinski definition) is 13. The number of ether oxygens (including phenoxy) is 4. The third-order valence-electron chi connectivity index (χ3n) is 17.8. The Labute approximate surface area is 502 Å². The third-order valence-corrected chi connectivity index (χ3v) is 17.8. The van der Waals surface area contributed by atoms with Gasteiger partial charge in [0.05, 0.1) is 32.0 Å². The van der Waals surface area contributed by atoms with Crippen LogP contribution in [0.25, 0.3) is 0 Å². The number of carbonyl (C=O) groups excluding carboxylic acids is 1. The van der Waals surface area contributed by atoms with E-state index in [1.54, 1.807) is 0 Å². The molecule has 0 bridgehead atoms. The van der Waals surface area contributed by atoms with Crippen molar-refractivity contribution in [2.75, 3.05) is 19.8 Å². The minimum absolute atomic E-state index is 0.197. The Morgan fingerprint density at radius 3 is 1.04 bits per heavy atom. The maximum atomic E-state index is 13.3. The molecule has 0 aliphatic carbocycles. The van der Waals surface area contributed by atoms with Crippen molar-refractivity contribution in [1.82, 2.24) is 5.32 Å². The standard InChI is InChI=1S/C68H133NO13/c1-3-5-7-9-11-13-15-17-19-21-23-25-27-29-31-33-35-37-39-41-43-45-47-49-51-57(72)56(55-79-67-65(78)63(76)66(59(54-71)81-67)82-68-64(77)62(75)61(74)58(53-70)80-68)69-60(73)52-50-48-46-44-42-40-38-36-34-32-30-28-26-24-22-20-18-16-14-12-10-8-6-4-2/h56-59,61-68,70-72,74-78H,3-55H2,1-2H3,(H,69,73). The predicted octanol–water partition coefficient (Wildman–Crippen LogP) is 14.0. The zero-order valence-corrected chi connectivity index (χ0v) is 53.0. The maximum Gasteiger partial charge on any atom is 0.220 e. The Bertz CT molecular complexity index is 1380. The van der Waals surface area contributed by atoms with Gasteiger partial charge in [0.2, 0.25) is 5.91 Å². The van der Waals surface area contributed by atoms with Crippen LogP contribution in [0, 0.1) is 0 Å². The van der Waals surface area contributed by atoms with E-state index in [9.17, 15) is 45.6 Å². The summed E-state index contributed by atoms with van der Waals surface area (Å²) in [5, 5.41) is 87.6. The van der Waals surface area contributed by atoms with Gasteiger partial charge in [-0.1, -0.05) is 316 Å². The summed E-state index contributed by atoms with van der Waals surface area (Å²) in [6, 6.07) is -0.824. The molecule has 2 heterocycles. The molecule has 0 aromatic rings. The molecule has 12 atom stereocenters. The molecule has 2 saturated heterocycles. The molecule has 82 heavy (non-hydrogen) atoms. The molecule has 0 aromatic heterocycles. The summed E-state index contributed by atoms with van der Waals surface area (Å²) in [6.45, 7) is 2.93. The van der Waals surface area contributed by atoms with Gasteiger partial charge in [-0.15, -0.1) is 0 Å². The number of carbonyl (C=O) groups is 1. The molecule has 488 valence electrons. The Hall–Kier alpha value is -1.01. The lowest BCUT2D eigenvalue weighted by Gasteiger charge is -2.46. The predicted molar refractivity (Wildman–Crippen MR) is 332 cm³/mol. The Morgan fingerprint density at radius 2 is 0.695 bits per heavy atom. The molecule has 0 aromatic carbocycles. The van der Waals surface area contributed by atoms with Crippen molar-refractivity contribution < 1.29 is 64.6 Å². The second-order valence-corrected chi connectivity index (χ2v) is 25.4. The quantitative estimate of drug-likeness (QED) is 0.0259. The second kappa shape index (κ2) is 54.2. The smallest absolute Gasteiger partial charge is 0.220 e. The molecule has 1 amide bonds. The van der Waals surface area contributed by atoms with E-state index in [1.165, 1.54) is 257 Å². The fourth-order valence-electron chi connectivity index (χ4n) is 12.2. The lowest BCUT2D eigenvalue weighted by atomic mass is 9.97. The highest BCUT2D eigenvalue weighted by molar-refractivity contribution is 5.76. The number of nitrogens with one attached hydrogen (secondary N) is 1. The summed E-state index contributed by atoms with van der Waals surface area (Å²) in [5.41, 5.74) is 0. The molecule has 14 nitrogen and oxygen atoms in total. The van der Waals surface area contributed by atoms with E-state index in [0.717, 1.165) is 51.4 Å². The molecule has 2 rings (SSSR count). The van der Waals surface area contributed by atoms with Gasteiger partial charge in [-0.05, 0) is 12.8 Å². The van der Waals surface area contributed by atoms with Crippen LogP contribution in [0.15, 0.2) is 0 Å². The minimum atomic E-state index is -1.78. The van der Waals surface area contributed by atoms with Crippen molar-refractivity contribution in [1.29, 1.82) is 0 Å². The highest BCUT2D eigenvalue weighted by Crippen LogP contribution is 2.30. The first-order valence-electron chi connectivity index (χ1n) is 35.3. The molecule has 9 N–H and O–H groups in total. The van der Waals surface area contributed by atoms with E-state index in [2.05, 4.69) is 19.2 Å². The largest absolute Gasteiger partial charge is 0.394 e. The lowest BCUT2D eigenvalue weighted by molar-refractivity contribution is -0.359. The maximum absolute atomic E-state index is 13.3. The Morgan fingerprint density at radius 1 is 0.390 bits per heavy atom. The van der Waals surface area contributed by atoms with Crippen molar-refractivity contribution in [3.05, 3.63) is 0 Å². The van der Waals surface area contributed by atoms with E-state index in [1.807, 2.05) is 0 Å². The van der Waals surface area contributed by atoms with Gasteiger partial charge in [-0.25, -0.2) is 0 Å². The van der Waals surface area contributed by atoms with Gasteiger partial charge in [0.15, 0.2) is 12.6 Å². The van der Waals surface area contributed by atoms with Gasteiger partial charge in [0.1, 0.15) is 48.8 Å². The SMILES string of the molecule is CCCCCCCCCCCCCCCCCCCCCCCCCCC(=O)NC(COC1OC(CO)C(OC2OC(CO)C(O)C(O)C2O)C(O)C1O)C(O)CCCCCCCCCCCCCCCCCCCCCCCCCC. The summed E-state index contributed by atoms with van der Waals surface area (Å²) in [7, 11) is 0. The molecule has 2 aliphatic rings. The number of aliphatic hydroxyl groups is 8. The number of rotatable bonds is 59. The number of hydrogen-bond donors (Lipinski definition) is 9. The molecular weight excluding hydrogens is 1040 g/mol. The van der Waals surface area contributed by atoms with Crippen molar-refractivity contribution in [3.8, 4) is 0 Å². The first-order chi connectivity index (χ1) is 40.1. The fraction of sp³-hybridized carbons (Fsp3) is 0.985. The van der Waals surface area contributed by atoms with Gasteiger partial charge in [-0.3, -0.25) is 4.79 Å². The molecule has 2 fully saturated rings. The van der Waals surface area contributed by atoms with Crippen molar-refractivity contribution >= 4 is 5.91 Å². The molecule has 0 radical (unpaired) electrons. The van der Waals surface area contributed by atoms with Crippen LogP contribution in [-0.2, 0) is 23.7 Å². The lowest BCUT2D eigenvalue weighted by Crippen LogP contribution is -2.65. The zero-order chi connectivity index (χ0) is 59.5. The van der Waals surface area contributed by atoms with Crippen LogP contribution < -0.4 is 5.32 Å². The van der Waals surface area contributed by atoms with Crippen molar-refractivity contribution in [3.63, 3.8) is 0 Å². The summed E-state index contributed by atoms with van der Waals surface area (Å²) in [6.07, 6.45) is 46.9. The van der Waals surface area contributed by atoms with E-state index >= 15 is 0 Å². The molecule has 0 spiro atoms. The van der Waals surface area contributed by atoms with Crippen LogP contribution in [-0.4, -0.2) is 140 Å². The van der Waals surface area contributed by atoms with Gasteiger partial charge < -0.3 is 65.1 Å². The normalized spacial score (nSPS) is 23.8. The highest BCUT2D eigenvalue weighted by atomic mass is 16.7. The fourth-order valence-corrected chi connectivity index (χ4v) is 12.2. The zero-order valence-electron chi connectivity index (χ0n) is 53.0. The van der Waals surface area contributed by atoms with Gasteiger partial charge in [0.25, 0.3) is 0 Å². The van der Waals surface area contributed by atoms with Gasteiger partial charge >= 0.3 is 0 Å². The van der Waals surface area contributed by atoms with Crippen LogP contribution in [0.5, 0.6) is 0 Å². The van der Waals surface area contributed by atoms with E-state index in [4.69, 9.17) is 18.9 Å². The van der Waals surface area contributed by atoms with Crippen LogP contribution in [0.1, 0.15) is 335 Å². The topological polar surface area (TPSA) is 228 Å². The molecule has 12 unspecified atom stereocenters. The summed E-state index contributed by atoms with van der Waals surface area (Å²) >= 11 is 0. The van der Waals surface area contributed by atoms with Crippen LogP contribution in [0.2, 0.25) is 0 Å². The Kier molecular flexibility index (Phi) is 50.9. The third kappa shape index (κ3) is 38.3. The first-order valence-corrected chi connectivity index (χ1v) is 35.3. The monoisotopic (exact) mass is 1170 g/mol. The molecule has 2 aliphatic heterocycles. The highest BCUT2D eigenvalue weighted by Gasteiger charge is 2.51. The van der Waals surface area contributed by atoms with Crippen LogP contribution in [0.4, 0.5) is 0 Å². The van der Waals surface area contributed by atoms with Crippen molar-refractivity contribution in [2.45, 2.75) is 408 Å². The molecule has 0 saturated carbocycles. The van der Waals surface area contributed by atoms with E-state index < -0.39 is 86.8 Å². The van der Waals surface area contributed by atoms with Gasteiger partial charge in [0, 0.05) is 6.42 Å². The first kappa shape index (κ1) is 77.1. The van der Waals surface area contributed by atoms with Gasteiger partial charge in [-0.2, -0.15) is 0 Å². The van der Waals surface area contributed by atoms with E-state index in [-0.39, 0.29) is 12.5 Å². The molecule has 14 heteroatoms. The van der Waals surface area contributed by atoms with E-state index in [0.29, 0.717) is 12.8 Å². The summed E-state index contributed by atoms with van der Waals surface area (Å²) in [5.74, 6) is -0.197. The number of unbranched alkanes of at least 4 members (excludes halogenated alkanes) is 46. The number of amides is 1. The average Bonchev–Trinajstić information content (AvgIpc) is 3.56. The summed E-state index contributed by atoms with van der Waals surface area (Å²) in [4.78, 5) is 13.3. The average molecular weight is 1170 g/mol. The Balaban J connectivity index is 1.67. The molecular formula is C68H133NO13. The second-order valence-electron chi connectivity index (χ2n) is 25.4. The summed E-state index contributed by atoms with van der Waals surface area (Å²) < 4.78 is 22.9. The number of aliphatic hydroxyl groups excluding tert-OH is 8. The minimum Gasteiger partial charge on any atom is -0.394 e. The van der Waals surface area contributed by atoms with Crippen molar-refractivity contribution in [2.24, 2.45) is 0 Å². The van der Waals surface area contributed by atoms with Crippen LogP contribution >= 0.6 is 0 Å². The van der Waals surface area contributed by atoms with Crippen LogP contribution in [0.3, 0.4) is 0 Å².